The Bertz CT molecular complexity index is 252. The normalized spacial score (nSPS) is 20.1. The molecule has 0 aromatic heterocycles. The number of rotatable bonds is 8. The van der Waals surface area contributed by atoms with Gasteiger partial charge < -0.3 is 10.2 Å². The van der Waals surface area contributed by atoms with Gasteiger partial charge in [-0.2, -0.15) is 0 Å². The number of nitrogens with zero attached hydrogens (tertiary/aromatic N) is 1. The van der Waals surface area contributed by atoms with E-state index in [1.807, 2.05) is 0 Å². The number of hydrogen-bond donors (Lipinski definition) is 1. The molecular weight excluding hydrogens is 244 g/mol. The van der Waals surface area contributed by atoms with E-state index >= 15 is 0 Å². The van der Waals surface area contributed by atoms with Gasteiger partial charge in [-0.25, -0.2) is 0 Å². The predicted octanol–water partition coefficient (Wildman–Crippen LogP) is 4.45. The molecular formula is C18H38N2. The van der Waals surface area contributed by atoms with E-state index in [9.17, 15) is 0 Å². The molecule has 0 saturated heterocycles. The summed E-state index contributed by atoms with van der Waals surface area (Å²) in [6.07, 6.45) is 11.0. The van der Waals surface area contributed by atoms with Crippen molar-refractivity contribution in [3.63, 3.8) is 0 Å². The van der Waals surface area contributed by atoms with Crippen molar-refractivity contribution in [2.45, 2.75) is 84.6 Å². The maximum atomic E-state index is 3.72. The molecule has 1 fully saturated rings. The highest BCUT2D eigenvalue weighted by atomic mass is 15.2. The highest BCUT2D eigenvalue weighted by molar-refractivity contribution is 4.90. The molecule has 0 bridgehead atoms. The first-order valence-corrected chi connectivity index (χ1v) is 8.88. The molecule has 0 aromatic rings. The molecule has 0 aliphatic heterocycles. The fraction of sp³-hybridized carbons (Fsp3) is 1.00. The third-order valence-electron chi connectivity index (χ3n) is 5.56. The Hall–Kier alpha value is -0.0800. The topological polar surface area (TPSA) is 15.3 Å². The lowest BCUT2D eigenvalue weighted by Gasteiger charge is -2.43. The second kappa shape index (κ2) is 8.38. The van der Waals surface area contributed by atoms with Crippen LogP contribution in [-0.4, -0.2) is 37.1 Å². The van der Waals surface area contributed by atoms with E-state index in [1.165, 1.54) is 71.0 Å². The van der Waals surface area contributed by atoms with Crippen molar-refractivity contribution in [1.82, 2.24) is 10.2 Å². The third-order valence-corrected chi connectivity index (χ3v) is 5.56. The Balaban J connectivity index is 2.70. The zero-order valence-electron chi connectivity index (χ0n) is 14.7. The van der Waals surface area contributed by atoms with Gasteiger partial charge in [0.1, 0.15) is 0 Å². The minimum atomic E-state index is 0.323. The van der Waals surface area contributed by atoms with E-state index in [4.69, 9.17) is 0 Å². The Morgan fingerprint density at radius 3 is 2.15 bits per heavy atom. The van der Waals surface area contributed by atoms with Crippen LogP contribution in [0.1, 0.15) is 79.1 Å². The van der Waals surface area contributed by atoms with Gasteiger partial charge in [0.2, 0.25) is 0 Å². The van der Waals surface area contributed by atoms with Crippen molar-refractivity contribution in [2.75, 3.05) is 26.7 Å². The van der Waals surface area contributed by atoms with Gasteiger partial charge in [0.05, 0.1) is 0 Å². The van der Waals surface area contributed by atoms with Gasteiger partial charge in [0.15, 0.2) is 0 Å². The fourth-order valence-corrected chi connectivity index (χ4v) is 3.39. The summed E-state index contributed by atoms with van der Waals surface area (Å²) < 4.78 is 0. The van der Waals surface area contributed by atoms with E-state index in [1.54, 1.807) is 0 Å². The molecule has 1 aliphatic rings. The lowest BCUT2D eigenvalue weighted by molar-refractivity contribution is 0.0705. The van der Waals surface area contributed by atoms with Crippen LogP contribution in [0.4, 0.5) is 0 Å². The van der Waals surface area contributed by atoms with Gasteiger partial charge >= 0.3 is 0 Å². The molecule has 1 aliphatic carbocycles. The summed E-state index contributed by atoms with van der Waals surface area (Å²) >= 11 is 0. The summed E-state index contributed by atoms with van der Waals surface area (Å²) in [6.45, 7) is 13.0. The highest BCUT2D eigenvalue weighted by Gasteiger charge is 2.35. The molecule has 0 atom stereocenters. The van der Waals surface area contributed by atoms with Gasteiger partial charge in [0, 0.05) is 18.6 Å². The van der Waals surface area contributed by atoms with Crippen molar-refractivity contribution in [3.8, 4) is 0 Å². The molecule has 1 saturated carbocycles. The van der Waals surface area contributed by atoms with Crippen LogP contribution in [0.2, 0.25) is 0 Å². The molecule has 0 heterocycles. The Morgan fingerprint density at radius 1 is 1.05 bits per heavy atom. The Labute approximate surface area is 127 Å². The average molecular weight is 283 g/mol. The molecule has 0 radical (unpaired) electrons. The second-order valence-corrected chi connectivity index (χ2v) is 7.61. The summed E-state index contributed by atoms with van der Waals surface area (Å²) in [5.74, 6) is 0. The van der Waals surface area contributed by atoms with Crippen molar-refractivity contribution >= 4 is 0 Å². The van der Waals surface area contributed by atoms with E-state index < -0.39 is 0 Å². The first-order chi connectivity index (χ1) is 9.46. The summed E-state index contributed by atoms with van der Waals surface area (Å²) in [6, 6.07) is 0. The minimum Gasteiger partial charge on any atom is -0.316 e. The van der Waals surface area contributed by atoms with Crippen molar-refractivity contribution < 1.29 is 0 Å². The van der Waals surface area contributed by atoms with Crippen LogP contribution in [0.3, 0.4) is 0 Å². The lowest BCUT2D eigenvalue weighted by Crippen LogP contribution is -2.50. The molecule has 0 aromatic carbocycles. The highest BCUT2D eigenvalue weighted by Crippen LogP contribution is 2.36. The average Bonchev–Trinajstić information content (AvgIpc) is 2.65. The molecule has 2 heteroatoms. The largest absolute Gasteiger partial charge is 0.316 e. The molecule has 1 N–H and O–H groups in total. The van der Waals surface area contributed by atoms with Crippen LogP contribution in [0.5, 0.6) is 0 Å². The standard InChI is InChI=1S/C18H38N2/c1-6-14-19-15-18(12-10-8-9-11-13-18)16-20(5)17(3,4)7-2/h19H,6-16H2,1-5H3. The molecule has 20 heavy (non-hydrogen) atoms. The zero-order chi connectivity index (χ0) is 15.1. The maximum Gasteiger partial charge on any atom is 0.0147 e. The van der Waals surface area contributed by atoms with Crippen LogP contribution in [0.15, 0.2) is 0 Å². The predicted molar refractivity (Wildman–Crippen MR) is 90.3 cm³/mol. The smallest absolute Gasteiger partial charge is 0.0147 e. The Kier molecular flexibility index (Phi) is 7.53. The zero-order valence-corrected chi connectivity index (χ0v) is 14.7. The molecule has 0 unspecified atom stereocenters. The summed E-state index contributed by atoms with van der Waals surface area (Å²) in [7, 11) is 2.33. The molecule has 0 amide bonds. The minimum absolute atomic E-state index is 0.323. The quantitative estimate of drug-likeness (QED) is 0.523. The number of hydrogen-bond acceptors (Lipinski definition) is 2. The summed E-state index contributed by atoms with van der Waals surface area (Å²) in [5, 5.41) is 3.72. The van der Waals surface area contributed by atoms with Gasteiger partial charge in [-0.15, -0.1) is 0 Å². The van der Waals surface area contributed by atoms with E-state index in [0.29, 0.717) is 11.0 Å². The summed E-state index contributed by atoms with van der Waals surface area (Å²) in [5.41, 5.74) is 0.830. The first kappa shape index (κ1) is 18.0. The van der Waals surface area contributed by atoms with Gasteiger partial charge in [-0.3, -0.25) is 0 Å². The fourth-order valence-electron chi connectivity index (χ4n) is 3.39. The van der Waals surface area contributed by atoms with Crippen LogP contribution in [0, 0.1) is 5.41 Å². The van der Waals surface area contributed by atoms with Gasteiger partial charge in [-0.05, 0) is 58.5 Å². The summed E-state index contributed by atoms with van der Waals surface area (Å²) in [4.78, 5) is 2.62. The third kappa shape index (κ3) is 5.37. The lowest BCUT2D eigenvalue weighted by atomic mass is 9.78. The van der Waals surface area contributed by atoms with Gasteiger partial charge in [-0.1, -0.05) is 39.5 Å². The van der Waals surface area contributed by atoms with Crippen LogP contribution < -0.4 is 5.32 Å². The second-order valence-electron chi connectivity index (χ2n) is 7.61. The molecule has 1 rings (SSSR count). The van der Waals surface area contributed by atoms with Gasteiger partial charge in [0.25, 0.3) is 0 Å². The van der Waals surface area contributed by atoms with Crippen LogP contribution >= 0.6 is 0 Å². The van der Waals surface area contributed by atoms with Crippen LogP contribution in [0.25, 0.3) is 0 Å². The van der Waals surface area contributed by atoms with E-state index in [-0.39, 0.29) is 0 Å². The molecule has 0 spiro atoms. The van der Waals surface area contributed by atoms with Crippen molar-refractivity contribution in [2.24, 2.45) is 5.41 Å². The van der Waals surface area contributed by atoms with Crippen LogP contribution in [-0.2, 0) is 0 Å². The first-order valence-electron chi connectivity index (χ1n) is 8.88. The SMILES string of the molecule is CCCNCC1(CN(C)C(C)(C)CC)CCCCCC1. The molecule has 2 nitrogen and oxygen atoms in total. The van der Waals surface area contributed by atoms with E-state index in [0.717, 1.165) is 0 Å². The van der Waals surface area contributed by atoms with Crippen molar-refractivity contribution in [1.29, 1.82) is 0 Å². The number of nitrogens with one attached hydrogen (secondary N) is 1. The maximum absolute atomic E-state index is 3.72. The van der Waals surface area contributed by atoms with Crippen molar-refractivity contribution in [3.05, 3.63) is 0 Å². The Morgan fingerprint density at radius 2 is 1.65 bits per heavy atom. The molecule has 120 valence electrons. The monoisotopic (exact) mass is 282 g/mol. The van der Waals surface area contributed by atoms with E-state index in [2.05, 4.69) is 45.0 Å².